The third-order valence-corrected chi connectivity index (χ3v) is 5.18. The van der Waals surface area contributed by atoms with Crippen molar-refractivity contribution in [3.8, 4) is 5.69 Å². The first-order valence-corrected chi connectivity index (χ1v) is 9.49. The van der Waals surface area contributed by atoms with Crippen LogP contribution in [0.3, 0.4) is 0 Å². The number of piperidine rings is 1. The van der Waals surface area contributed by atoms with Crippen LogP contribution < -0.4 is 0 Å². The van der Waals surface area contributed by atoms with Crippen molar-refractivity contribution in [3.63, 3.8) is 0 Å². The molecule has 1 aliphatic rings. The molecule has 1 fully saturated rings. The van der Waals surface area contributed by atoms with Gasteiger partial charge in [0.05, 0.1) is 23.1 Å². The van der Waals surface area contributed by atoms with E-state index in [2.05, 4.69) is 15.2 Å². The van der Waals surface area contributed by atoms with Gasteiger partial charge in [-0.05, 0) is 50.5 Å². The number of nitrogens with zero attached hydrogens (tertiary/aromatic N) is 5. The van der Waals surface area contributed by atoms with Crippen molar-refractivity contribution in [2.75, 3.05) is 13.1 Å². The molecule has 1 aliphatic heterocycles. The number of carbonyl (C=O) groups is 1. The minimum atomic E-state index is -0.301. The zero-order valence-corrected chi connectivity index (χ0v) is 15.9. The fourth-order valence-electron chi connectivity index (χ4n) is 3.68. The highest BCUT2D eigenvalue weighted by atomic mass is 19.1. The molecule has 0 aliphatic carbocycles. The quantitative estimate of drug-likeness (QED) is 0.691. The Labute approximate surface area is 162 Å². The van der Waals surface area contributed by atoms with Crippen LogP contribution in [0.1, 0.15) is 53.5 Å². The van der Waals surface area contributed by atoms with Gasteiger partial charge in [0.15, 0.2) is 5.82 Å². The first kappa shape index (κ1) is 18.3. The highest BCUT2D eigenvalue weighted by Crippen LogP contribution is 2.28. The summed E-state index contributed by atoms with van der Waals surface area (Å²) in [6, 6.07) is 6.10. The molecule has 8 heteroatoms. The largest absolute Gasteiger partial charge is 0.339 e. The number of hydrogen-bond donors (Lipinski definition) is 0. The van der Waals surface area contributed by atoms with Gasteiger partial charge in [0.25, 0.3) is 5.91 Å². The van der Waals surface area contributed by atoms with Crippen molar-refractivity contribution in [2.45, 2.75) is 39.0 Å². The molecule has 0 N–H and O–H groups in total. The molecule has 7 nitrogen and oxygen atoms in total. The van der Waals surface area contributed by atoms with Crippen LogP contribution in [0, 0.1) is 12.7 Å². The fraction of sp³-hybridized carbons (Fsp3) is 0.400. The van der Waals surface area contributed by atoms with Crippen LogP contribution in [0.5, 0.6) is 0 Å². The van der Waals surface area contributed by atoms with E-state index < -0.39 is 0 Å². The fourth-order valence-corrected chi connectivity index (χ4v) is 3.68. The van der Waals surface area contributed by atoms with E-state index in [9.17, 15) is 9.18 Å². The van der Waals surface area contributed by atoms with Crippen LogP contribution in [0.15, 0.2) is 35.0 Å². The summed E-state index contributed by atoms with van der Waals surface area (Å²) in [5, 5.41) is 8.23. The summed E-state index contributed by atoms with van der Waals surface area (Å²) in [5.41, 5.74) is 2.16. The van der Waals surface area contributed by atoms with E-state index in [0.717, 1.165) is 24.2 Å². The smallest absolute Gasteiger partial charge is 0.257 e. The molecule has 0 bridgehead atoms. The van der Waals surface area contributed by atoms with E-state index in [0.29, 0.717) is 36.8 Å². The summed E-state index contributed by atoms with van der Waals surface area (Å²) in [4.78, 5) is 19.3. The van der Waals surface area contributed by atoms with Crippen LogP contribution in [-0.4, -0.2) is 43.8 Å². The second-order valence-corrected chi connectivity index (χ2v) is 6.99. The molecule has 4 rings (SSSR count). The number of amides is 1. The van der Waals surface area contributed by atoms with Gasteiger partial charge in [0.2, 0.25) is 5.89 Å². The Kier molecular flexibility index (Phi) is 4.93. The normalized spacial score (nSPS) is 15.2. The average Bonchev–Trinajstić information content (AvgIpc) is 3.34. The number of halogens is 1. The van der Waals surface area contributed by atoms with Gasteiger partial charge in [0, 0.05) is 19.0 Å². The number of aromatic nitrogens is 4. The van der Waals surface area contributed by atoms with E-state index in [-0.39, 0.29) is 17.6 Å². The number of hydrogen-bond acceptors (Lipinski definition) is 5. The Balaban J connectivity index is 1.50. The topological polar surface area (TPSA) is 77.1 Å². The molecular formula is C20H22FN5O2. The molecule has 0 atom stereocenters. The predicted molar refractivity (Wildman–Crippen MR) is 99.8 cm³/mol. The first-order chi connectivity index (χ1) is 13.6. The van der Waals surface area contributed by atoms with Gasteiger partial charge in [-0.2, -0.15) is 10.1 Å². The number of rotatable bonds is 4. The zero-order valence-electron chi connectivity index (χ0n) is 15.9. The lowest BCUT2D eigenvalue weighted by Gasteiger charge is -2.30. The van der Waals surface area contributed by atoms with Crippen molar-refractivity contribution < 1.29 is 13.7 Å². The maximum atomic E-state index is 13.2. The molecule has 28 heavy (non-hydrogen) atoms. The molecule has 0 radical (unpaired) electrons. The monoisotopic (exact) mass is 383 g/mol. The van der Waals surface area contributed by atoms with Crippen molar-refractivity contribution in [1.29, 1.82) is 0 Å². The Morgan fingerprint density at radius 2 is 1.96 bits per heavy atom. The summed E-state index contributed by atoms with van der Waals surface area (Å²) in [5.74, 6) is 1.16. The van der Waals surface area contributed by atoms with Gasteiger partial charge >= 0.3 is 0 Å². The van der Waals surface area contributed by atoms with Crippen molar-refractivity contribution in [3.05, 3.63) is 59.3 Å². The Morgan fingerprint density at radius 1 is 1.25 bits per heavy atom. The lowest BCUT2D eigenvalue weighted by Crippen LogP contribution is -2.38. The predicted octanol–water partition coefficient (Wildman–Crippen LogP) is 3.29. The van der Waals surface area contributed by atoms with E-state index in [4.69, 9.17) is 4.52 Å². The summed E-state index contributed by atoms with van der Waals surface area (Å²) >= 11 is 0. The Bertz CT molecular complexity index is 971. The van der Waals surface area contributed by atoms with E-state index in [1.165, 1.54) is 12.1 Å². The molecule has 0 saturated carbocycles. The molecule has 1 saturated heterocycles. The van der Waals surface area contributed by atoms with Crippen molar-refractivity contribution >= 4 is 5.91 Å². The van der Waals surface area contributed by atoms with Crippen LogP contribution in [0.2, 0.25) is 0 Å². The van der Waals surface area contributed by atoms with Gasteiger partial charge in [-0.1, -0.05) is 12.1 Å². The molecule has 146 valence electrons. The number of benzene rings is 1. The second-order valence-electron chi connectivity index (χ2n) is 6.99. The molecule has 3 aromatic rings. The lowest BCUT2D eigenvalue weighted by atomic mass is 9.96. The average molecular weight is 383 g/mol. The number of carbonyl (C=O) groups excluding carboxylic acids is 1. The van der Waals surface area contributed by atoms with Gasteiger partial charge in [0.1, 0.15) is 5.82 Å². The first-order valence-electron chi connectivity index (χ1n) is 9.49. The van der Waals surface area contributed by atoms with E-state index >= 15 is 0 Å². The zero-order chi connectivity index (χ0) is 19.7. The molecule has 1 aromatic carbocycles. The summed E-state index contributed by atoms with van der Waals surface area (Å²) in [6.45, 7) is 5.06. The standard InChI is InChI=1S/C20H22FN5O2/c1-3-18-17(12-22-26(18)16-6-4-15(21)5-7-16)20(27)25-10-8-14(9-11-25)19-23-13(2)24-28-19/h4-7,12,14H,3,8-11H2,1-2H3. The van der Waals surface area contributed by atoms with Crippen LogP contribution >= 0.6 is 0 Å². The Hall–Kier alpha value is -3.03. The molecule has 3 heterocycles. The summed E-state index contributed by atoms with van der Waals surface area (Å²) in [6.07, 6.45) is 3.84. The molecule has 2 aromatic heterocycles. The van der Waals surface area contributed by atoms with Crippen molar-refractivity contribution in [2.24, 2.45) is 0 Å². The minimum Gasteiger partial charge on any atom is -0.339 e. The van der Waals surface area contributed by atoms with E-state index in [1.807, 2.05) is 11.8 Å². The summed E-state index contributed by atoms with van der Waals surface area (Å²) in [7, 11) is 0. The van der Waals surface area contributed by atoms with Gasteiger partial charge in [-0.3, -0.25) is 4.79 Å². The maximum Gasteiger partial charge on any atom is 0.257 e. The van der Waals surface area contributed by atoms with Crippen LogP contribution in [-0.2, 0) is 6.42 Å². The van der Waals surface area contributed by atoms with Gasteiger partial charge in [-0.15, -0.1) is 0 Å². The molecular weight excluding hydrogens is 361 g/mol. The summed E-state index contributed by atoms with van der Waals surface area (Å²) < 4.78 is 20.2. The molecule has 0 spiro atoms. The highest BCUT2D eigenvalue weighted by Gasteiger charge is 2.29. The Morgan fingerprint density at radius 3 is 2.57 bits per heavy atom. The minimum absolute atomic E-state index is 0.0228. The number of likely N-dealkylation sites (tertiary alicyclic amines) is 1. The molecule has 1 amide bonds. The number of aryl methyl sites for hydroxylation is 1. The van der Waals surface area contributed by atoms with Crippen LogP contribution in [0.25, 0.3) is 5.69 Å². The van der Waals surface area contributed by atoms with E-state index in [1.54, 1.807) is 29.9 Å². The third kappa shape index (κ3) is 3.42. The maximum absolute atomic E-state index is 13.2. The highest BCUT2D eigenvalue weighted by molar-refractivity contribution is 5.95. The van der Waals surface area contributed by atoms with Gasteiger partial charge < -0.3 is 9.42 Å². The van der Waals surface area contributed by atoms with Crippen LogP contribution in [0.4, 0.5) is 4.39 Å². The third-order valence-electron chi connectivity index (χ3n) is 5.18. The molecule has 0 unspecified atom stereocenters. The van der Waals surface area contributed by atoms with Gasteiger partial charge in [-0.25, -0.2) is 9.07 Å². The lowest BCUT2D eigenvalue weighted by molar-refractivity contribution is 0.0703. The van der Waals surface area contributed by atoms with Crippen molar-refractivity contribution in [1.82, 2.24) is 24.8 Å². The SMILES string of the molecule is CCc1c(C(=O)N2CCC(c3nc(C)no3)CC2)cnn1-c1ccc(F)cc1. The second kappa shape index (κ2) is 7.53.